The van der Waals surface area contributed by atoms with E-state index in [-0.39, 0.29) is 0 Å². The van der Waals surface area contributed by atoms with Gasteiger partial charge in [0.2, 0.25) is 0 Å². The Hall–Kier alpha value is -1.24. The van der Waals surface area contributed by atoms with Gasteiger partial charge in [-0.15, -0.1) is 0 Å². The lowest BCUT2D eigenvalue weighted by Gasteiger charge is -2.22. The molecular formula is C14H18N4OS. The van der Waals surface area contributed by atoms with Crippen molar-refractivity contribution in [3.8, 4) is 11.5 Å². The molecule has 106 valence electrons. The van der Waals surface area contributed by atoms with Crippen molar-refractivity contribution < 1.29 is 4.52 Å². The molecular weight excluding hydrogens is 272 g/mol. The van der Waals surface area contributed by atoms with Gasteiger partial charge in [-0.2, -0.15) is 16.3 Å². The fourth-order valence-corrected chi connectivity index (χ4v) is 3.81. The molecule has 0 radical (unpaired) electrons. The number of rotatable bonds is 3. The van der Waals surface area contributed by atoms with Crippen molar-refractivity contribution in [2.24, 2.45) is 0 Å². The molecule has 2 aromatic rings. The molecule has 2 fully saturated rings. The predicted octanol–water partition coefficient (Wildman–Crippen LogP) is 2.12. The number of hydrogen-bond acceptors (Lipinski definition) is 6. The Morgan fingerprint density at radius 3 is 3.20 bits per heavy atom. The minimum atomic E-state index is 0.635. The molecule has 0 spiro atoms. The van der Waals surface area contributed by atoms with Crippen molar-refractivity contribution in [3.63, 3.8) is 0 Å². The highest BCUT2D eigenvalue weighted by molar-refractivity contribution is 7.08. The third-order valence-corrected chi connectivity index (χ3v) is 4.89. The standard InChI is InChI=1S/C14H18N4OS/c1-2-12-7-18(5-3-11(1)15-12)8-13-16-14(19-17-13)10-4-6-20-9-10/h4,6,9,11-12,15H,1-3,5,7-8H2. The van der Waals surface area contributed by atoms with Crippen LogP contribution in [0.2, 0.25) is 0 Å². The van der Waals surface area contributed by atoms with Crippen molar-refractivity contribution >= 4 is 11.3 Å². The van der Waals surface area contributed by atoms with Crippen molar-refractivity contribution in [1.29, 1.82) is 0 Å². The highest BCUT2D eigenvalue weighted by Crippen LogP contribution is 2.23. The second kappa shape index (κ2) is 5.27. The normalized spacial score (nSPS) is 26.8. The first-order valence-electron chi connectivity index (χ1n) is 7.20. The number of likely N-dealkylation sites (tertiary alicyclic amines) is 1. The Kier molecular flexibility index (Phi) is 3.29. The van der Waals surface area contributed by atoms with Crippen LogP contribution >= 0.6 is 11.3 Å². The fraction of sp³-hybridized carbons (Fsp3) is 0.571. The van der Waals surface area contributed by atoms with E-state index in [2.05, 4.69) is 20.4 Å². The molecule has 2 saturated heterocycles. The van der Waals surface area contributed by atoms with Gasteiger partial charge in [0.1, 0.15) is 0 Å². The number of nitrogens with one attached hydrogen (secondary N) is 1. The Morgan fingerprint density at radius 2 is 2.30 bits per heavy atom. The second-order valence-corrected chi connectivity index (χ2v) is 6.47. The summed E-state index contributed by atoms with van der Waals surface area (Å²) in [7, 11) is 0. The van der Waals surface area contributed by atoms with E-state index >= 15 is 0 Å². The summed E-state index contributed by atoms with van der Waals surface area (Å²) in [4.78, 5) is 6.95. The van der Waals surface area contributed by atoms with Crippen molar-refractivity contribution in [3.05, 3.63) is 22.7 Å². The largest absolute Gasteiger partial charge is 0.334 e. The molecule has 4 heterocycles. The van der Waals surface area contributed by atoms with Crippen LogP contribution in [0.15, 0.2) is 21.3 Å². The first kappa shape index (κ1) is 12.5. The zero-order chi connectivity index (χ0) is 13.4. The summed E-state index contributed by atoms with van der Waals surface area (Å²) in [6, 6.07) is 3.37. The molecule has 4 rings (SSSR count). The van der Waals surface area contributed by atoms with Crippen LogP contribution in [-0.2, 0) is 6.54 Å². The number of hydrogen-bond donors (Lipinski definition) is 1. The Labute approximate surface area is 122 Å². The lowest BCUT2D eigenvalue weighted by Crippen LogP contribution is -2.35. The minimum Gasteiger partial charge on any atom is -0.334 e. The van der Waals surface area contributed by atoms with Crippen LogP contribution in [0.1, 0.15) is 25.1 Å². The third kappa shape index (κ3) is 2.51. The lowest BCUT2D eigenvalue weighted by atomic mass is 10.1. The van der Waals surface area contributed by atoms with E-state index in [1.807, 2.05) is 16.8 Å². The van der Waals surface area contributed by atoms with E-state index in [0.717, 1.165) is 37.1 Å². The van der Waals surface area contributed by atoms with E-state index in [1.54, 1.807) is 11.3 Å². The molecule has 2 aliphatic heterocycles. The highest BCUT2D eigenvalue weighted by atomic mass is 32.1. The molecule has 0 aliphatic carbocycles. The predicted molar refractivity (Wildman–Crippen MR) is 77.5 cm³/mol. The second-order valence-electron chi connectivity index (χ2n) is 5.69. The van der Waals surface area contributed by atoms with Crippen LogP contribution in [0.4, 0.5) is 0 Å². The summed E-state index contributed by atoms with van der Waals surface area (Å²) < 4.78 is 5.35. The van der Waals surface area contributed by atoms with Gasteiger partial charge in [-0.25, -0.2) is 0 Å². The average Bonchev–Trinajstić information content (AvgIpc) is 3.13. The van der Waals surface area contributed by atoms with Gasteiger partial charge in [0, 0.05) is 30.6 Å². The number of nitrogens with zero attached hydrogens (tertiary/aromatic N) is 3. The molecule has 2 aromatic heterocycles. The third-order valence-electron chi connectivity index (χ3n) is 4.21. The topological polar surface area (TPSA) is 54.2 Å². The molecule has 1 N–H and O–H groups in total. The molecule has 2 unspecified atom stereocenters. The molecule has 0 aromatic carbocycles. The van der Waals surface area contributed by atoms with Crippen LogP contribution in [0.5, 0.6) is 0 Å². The van der Waals surface area contributed by atoms with Gasteiger partial charge in [-0.05, 0) is 30.7 Å². The Bertz CT molecular complexity index is 568. The van der Waals surface area contributed by atoms with E-state index in [9.17, 15) is 0 Å². The van der Waals surface area contributed by atoms with Gasteiger partial charge < -0.3 is 9.84 Å². The summed E-state index contributed by atoms with van der Waals surface area (Å²) in [5.74, 6) is 1.43. The lowest BCUT2D eigenvalue weighted by molar-refractivity contribution is 0.241. The van der Waals surface area contributed by atoms with E-state index < -0.39 is 0 Å². The molecule has 6 heteroatoms. The maximum atomic E-state index is 5.35. The van der Waals surface area contributed by atoms with Crippen LogP contribution in [0, 0.1) is 0 Å². The quantitative estimate of drug-likeness (QED) is 0.938. The smallest absolute Gasteiger partial charge is 0.258 e. The summed E-state index contributed by atoms with van der Waals surface area (Å²) in [5, 5.41) is 11.9. The molecule has 20 heavy (non-hydrogen) atoms. The average molecular weight is 290 g/mol. The van der Waals surface area contributed by atoms with E-state index in [4.69, 9.17) is 4.52 Å². The van der Waals surface area contributed by atoms with Crippen molar-refractivity contribution in [2.45, 2.75) is 37.9 Å². The zero-order valence-electron chi connectivity index (χ0n) is 11.3. The summed E-state index contributed by atoms with van der Waals surface area (Å²) in [6.07, 6.45) is 3.86. The van der Waals surface area contributed by atoms with Crippen molar-refractivity contribution in [1.82, 2.24) is 20.4 Å². The Balaban J connectivity index is 1.44. The molecule has 2 bridgehead atoms. The minimum absolute atomic E-state index is 0.635. The fourth-order valence-electron chi connectivity index (χ4n) is 3.18. The number of aromatic nitrogens is 2. The van der Waals surface area contributed by atoms with Gasteiger partial charge in [0.15, 0.2) is 5.82 Å². The summed E-state index contributed by atoms with van der Waals surface area (Å²) in [6.45, 7) is 3.01. The zero-order valence-corrected chi connectivity index (χ0v) is 12.1. The monoisotopic (exact) mass is 290 g/mol. The van der Waals surface area contributed by atoms with E-state index in [0.29, 0.717) is 11.9 Å². The van der Waals surface area contributed by atoms with Crippen LogP contribution in [-0.4, -0.2) is 40.2 Å². The first-order chi connectivity index (χ1) is 9.87. The van der Waals surface area contributed by atoms with Gasteiger partial charge in [0.25, 0.3) is 5.89 Å². The van der Waals surface area contributed by atoms with Gasteiger partial charge in [0.05, 0.1) is 12.1 Å². The van der Waals surface area contributed by atoms with Gasteiger partial charge in [-0.3, -0.25) is 4.90 Å². The molecule has 2 atom stereocenters. The van der Waals surface area contributed by atoms with Gasteiger partial charge in [-0.1, -0.05) is 5.16 Å². The first-order valence-corrected chi connectivity index (χ1v) is 8.14. The maximum absolute atomic E-state index is 5.35. The SMILES string of the molecule is c1cc(-c2nc(CN3CCC4CCC(C3)N4)no2)cs1. The molecule has 0 saturated carbocycles. The summed E-state index contributed by atoms with van der Waals surface area (Å²) in [5.41, 5.74) is 1.02. The molecule has 2 aliphatic rings. The summed E-state index contributed by atoms with van der Waals surface area (Å²) >= 11 is 1.64. The molecule has 5 nitrogen and oxygen atoms in total. The van der Waals surface area contributed by atoms with Crippen molar-refractivity contribution in [2.75, 3.05) is 13.1 Å². The Morgan fingerprint density at radius 1 is 1.35 bits per heavy atom. The molecule has 0 amide bonds. The maximum Gasteiger partial charge on any atom is 0.258 e. The van der Waals surface area contributed by atoms with E-state index in [1.165, 1.54) is 19.3 Å². The van der Waals surface area contributed by atoms with Crippen LogP contribution < -0.4 is 5.32 Å². The van der Waals surface area contributed by atoms with Crippen LogP contribution in [0.3, 0.4) is 0 Å². The van der Waals surface area contributed by atoms with Crippen LogP contribution in [0.25, 0.3) is 11.5 Å². The number of thiophene rings is 1. The highest BCUT2D eigenvalue weighted by Gasteiger charge is 2.29. The van der Waals surface area contributed by atoms with Gasteiger partial charge >= 0.3 is 0 Å². The number of fused-ring (bicyclic) bond motifs is 2.